The van der Waals surface area contributed by atoms with E-state index in [0.717, 1.165) is 42.7 Å². The summed E-state index contributed by atoms with van der Waals surface area (Å²) in [4.78, 5) is 24.9. The molecular formula is C22H28N2O3. The van der Waals surface area contributed by atoms with Crippen LogP contribution in [-0.2, 0) is 9.59 Å². The normalized spacial score (nSPS) is 36.0. The molecule has 1 aliphatic heterocycles. The van der Waals surface area contributed by atoms with Crippen molar-refractivity contribution in [2.24, 2.45) is 23.2 Å². The van der Waals surface area contributed by atoms with Gasteiger partial charge in [-0.05, 0) is 81.4 Å². The number of hydrogen-bond donors (Lipinski definition) is 2. The highest BCUT2D eigenvalue weighted by Gasteiger charge is 2.53. The first-order chi connectivity index (χ1) is 13.0. The number of benzene rings is 1. The Kier molecular flexibility index (Phi) is 3.95. The average molecular weight is 368 g/mol. The molecule has 0 saturated heterocycles. The van der Waals surface area contributed by atoms with E-state index < -0.39 is 6.10 Å². The van der Waals surface area contributed by atoms with Crippen LogP contribution in [0, 0.1) is 23.2 Å². The van der Waals surface area contributed by atoms with E-state index in [-0.39, 0.29) is 11.3 Å². The molecule has 1 aromatic rings. The molecule has 4 fully saturated rings. The van der Waals surface area contributed by atoms with Crippen LogP contribution in [0.3, 0.4) is 0 Å². The van der Waals surface area contributed by atoms with E-state index in [1.165, 1.54) is 19.3 Å². The van der Waals surface area contributed by atoms with Gasteiger partial charge >= 0.3 is 0 Å². The minimum Gasteiger partial charge on any atom is -0.479 e. The van der Waals surface area contributed by atoms with Gasteiger partial charge in [-0.3, -0.25) is 9.59 Å². The first-order valence-corrected chi connectivity index (χ1v) is 10.4. The lowest BCUT2D eigenvalue weighted by Crippen LogP contribution is -2.50. The maximum Gasteiger partial charge on any atom is 0.265 e. The van der Waals surface area contributed by atoms with Crippen LogP contribution in [0.25, 0.3) is 0 Å². The van der Waals surface area contributed by atoms with Crippen LogP contribution in [0.2, 0.25) is 0 Å². The van der Waals surface area contributed by atoms with Gasteiger partial charge in [-0.15, -0.1) is 0 Å². The number of carbonyl (C=O) groups excluding carboxylic acids is 2. The summed E-state index contributed by atoms with van der Waals surface area (Å²) in [5.74, 6) is 3.45. The molecule has 4 aliphatic carbocycles. The van der Waals surface area contributed by atoms with E-state index in [1.54, 1.807) is 6.92 Å². The number of carbonyl (C=O) groups is 2. The van der Waals surface area contributed by atoms with Gasteiger partial charge in [-0.2, -0.15) is 0 Å². The van der Waals surface area contributed by atoms with Crippen molar-refractivity contribution >= 4 is 23.1 Å². The number of hydrogen-bond acceptors (Lipinski definition) is 4. The van der Waals surface area contributed by atoms with E-state index >= 15 is 0 Å². The Bertz CT molecular complexity index is 752. The van der Waals surface area contributed by atoms with Gasteiger partial charge in [0.05, 0.1) is 5.69 Å². The van der Waals surface area contributed by atoms with E-state index in [1.807, 2.05) is 18.2 Å². The number of ketones is 1. The largest absolute Gasteiger partial charge is 0.479 e. The summed E-state index contributed by atoms with van der Waals surface area (Å²) >= 11 is 0. The van der Waals surface area contributed by atoms with Crippen molar-refractivity contribution in [2.45, 2.75) is 58.0 Å². The second-order valence-corrected chi connectivity index (χ2v) is 9.26. The molecule has 5 heteroatoms. The Morgan fingerprint density at radius 3 is 2.52 bits per heavy atom. The minimum absolute atomic E-state index is 0.00969. The number of rotatable bonds is 5. The monoisotopic (exact) mass is 368 g/mol. The van der Waals surface area contributed by atoms with Crippen LogP contribution in [0.4, 0.5) is 11.4 Å². The van der Waals surface area contributed by atoms with Crippen LogP contribution in [-0.4, -0.2) is 24.3 Å². The Balaban J connectivity index is 1.20. The molecule has 0 spiro atoms. The molecule has 4 saturated carbocycles. The molecule has 1 atom stereocenters. The summed E-state index contributed by atoms with van der Waals surface area (Å²) in [5.41, 5.74) is 1.59. The molecule has 27 heavy (non-hydrogen) atoms. The topological polar surface area (TPSA) is 67.4 Å². The van der Waals surface area contributed by atoms with Gasteiger partial charge in [0, 0.05) is 24.1 Å². The van der Waals surface area contributed by atoms with Crippen LogP contribution in [0.5, 0.6) is 5.75 Å². The van der Waals surface area contributed by atoms with E-state index in [9.17, 15) is 9.59 Å². The fourth-order valence-corrected chi connectivity index (χ4v) is 6.36. The highest BCUT2D eigenvalue weighted by molar-refractivity contribution is 5.98. The second kappa shape index (κ2) is 6.25. The molecule has 6 rings (SSSR count). The predicted octanol–water partition coefficient (Wildman–Crippen LogP) is 3.99. The van der Waals surface area contributed by atoms with Crippen molar-refractivity contribution in [3.8, 4) is 5.75 Å². The molecule has 0 radical (unpaired) electrons. The van der Waals surface area contributed by atoms with Crippen molar-refractivity contribution in [2.75, 3.05) is 17.2 Å². The minimum atomic E-state index is -0.464. The molecule has 144 valence electrons. The smallest absolute Gasteiger partial charge is 0.265 e. The summed E-state index contributed by atoms with van der Waals surface area (Å²) < 4.78 is 5.59. The zero-order chi connectivity index (χ0) is 18.6. The zero-order valence-electron chi connectivity index (χ0n) is 15.9. The number of fused-ring (bicyclic) bond motifs is 1. The summed E-state index contributed by atoms with van der Waals surface area (Å²) in [5, 5.41) is 6.22. The van der Waals surface area contributed by atoms with Gasteiger partial charge in [-0.25, -0.2) is 0 Å². The highest BCUT2D eigenvalue weighted by Crippen LogP contribution is 2.60. The molecule has 5 aliphatic rings. The zero-order valence-corrected chi connectivity index (χ0v) is 15.9. The van der Waals surface area contributed by atoms with Crippen molar-refractivity contribution in [3.05, 3.63) is 18.2 Å². The summed E-state index contributed by atoms with van der Waals surface area (Å²) in [6.45, 7) is 2.38. The van der Waals surface area contributed by atoms with Gasteiger partial charge in [0.15, 0.2) is 6.10 Å². The summed E-state index contributed by atoms with van der Waals surface area (Å²) in [6, 6.07) is 5.70. The van der Waals surface area contributed by atoms with E-state index in [0.29, 0.717) is 30.2 Å². The third-order valence-corrected chi connectivity index (χ3v) is 7.22. The molecule has 0 aromatic heterocycles. The molecule has 5 nitrogen and oxygen atoms in total. The fourth-order valence-electron chi connectivity index (χ4n) is 6.36. The van der Waals surface area contributed by atoms with Gasteiger partial charge in [0.1, 0.15) is 11.5 Å². The fraction of sp³-hybridized carbons (Fsp3) is 0.636. The number of anilines is 2. The van der Waals surface area contributed by atoms with Crippen molar-refractivity contribution in [3.63, 3.8) is 0 Å². The molecule has 1 unspecified atom stereocenters. The third-order valence-electron chi connectivity index (χ3n) is 7.22. The molecule has 1 aromatic carbocycles. The quantitative estimate of drug-likeness (QED) is 0.824. The first kappa shape index (κ1) is 17.1. The van der Waals surface area contributed by atoms with Crippen LogP contribution in [0.15, 0.2) is 18.2 Å². The van der Waals surface area contributed by atoms with E-state index in [2.05, 4.69) is 10.6 Å². The van der Waals surface area contributed by atoms with Gasteiger partial charge in [0.2, 0.25) is 0 Å². The summed E-state index contributed by atoms with van der Waals surface area (Å²) in [6.07, 6.45) is 7.64. The Hall–Kier alpha value is -2.04. The lowest BCUT2D eigenvalue weighted by Gasteiger charge is -2.56. The lowest BCUT2D eigenvalue weighted by atomic mass is 9.48. The van der Waals surface area contributed by atoms with Crippen LogP contribution < -0.4 is 15.4 Å². The Labute approximate surface area is 160 Å². The van der Waals surface area contributed by atoms with Gasteiger partial charge < -0.3 is 15.4 Å². The second-order valence-electron chi connectivity index (χ2n) is 9.26. The van der Waals surface area contributed by atoms with Crippen molar-refractivity contribution in [1.29, 1.82) is 0 Å². The van der Waals surface area contributed by atoms with Gasteiger partial charge in [-0.1, -0.05) is 0 Å². The van der Waals surface area contributed by atoms with Crippen LogP contribution in [0.1, 0.15) is 51.9 Å². The average Bonchev–Trinajstić information content (AvgIpc) is 2.61. The SMILES string of the molecule is CC1Oc2ccc(NCCC(=O)C34CC5CC(CC(C5)C3)C4)cc2NC1=O. The Morgan fingerprint density at radius 1 is 1.19 bits per heavy atom. The highest BCUT2D eigenvalue weighted by atomic mass is 16.5. The van der Waals surface area contributed by atoms with Crippen molar-refractivity contribution < 1.29 is 14.3 Å². The van der Waals surface area contributed by atoms with Crippen molar-refractivity contribution in [1.82, 2.24) is 0 Å². The lowest BCUT2D eigenvalue weighted by molar-refractivity contribution is -0.143. The number of amides is 1. The molecule has 2 N–H and O–H groups in total. The third kappa shape index (κ3) is 3.01. The standard InChI is InChI=1S/C22H28N2O3/c1-13-21(26)24-18-9-17(2-3-19(18)27-13)23-5-4-20(25)22-10-14-6-15(11-22)8-16(7-14)12-22/h2-3,9,13-16,23H,4-8,10-12H2,1H3,(H,24,26). The molecule has 1 amide bonds. The number of Topliss-reactive ketones (excluding diaryl/α,β-unsaturated/α-hetero) is 1. The summed E-state index contributed by atoms with van der Waals surface area (Å²) in [7, 11) is 0. The molecule has 1 heterocycles. The predicted molar refractivity (Wildman–Crippen MR) is 104 cm³/mol. The molecular weight excluding hydrogens is 340 g/mol. The Morgan fingerprint density at radius 2 is 1.85 bits per heavy atom. The number of ether oxygens (including phenoxy) is 1. The first-order valence-electron chi connectivity index (χ1n) is 10.4. The number of nitrogens with one attached hydrogen (secondary N) is 2. The maximum atomic E-state index is 13.1. The molecule has 4 bridgehead atoms. The van der Waals surface area contributed by atoms with E-state index in [4.69, 9.17) is 4.74 Å². The van der Waals surface area contributed by atoms with Crippen LogP contribution >= 0.6 is 0 Å². The maximum absolute atomic E-state index is 13.1. The van der Waals surface area contributed by atoms with Gasteiger partial charge in [0.25, 0.3) is 5.91 Å².